The molecule has 0 bridgehead atoms. The first kappa shape index (κ1) is 12.8. The van der Waals surface area contributed by atoms with Gasteiger partial charge in [0.05, 0.1) is 0 Å². The fourth-order valence-corrected chi connectivity index (χ4v) is 0.313. The lowest BCUT2D eigenvalue weighted by molar-refractivity contribution is 0.137. The molecule has 1 aromatic heterocycles. The molecule has 0 aliphatic carbocycles. The molecule has 0 unspecified atom stereocenters. The first-order valence-corrected chi connectivity index (χ1v) is 2.50. The van der Waals surface area contributed by atoms with Crippen molar-refractivity contribution < 1.29 is 15.0 Å². The summed E-state index contributed by atoms with van der Waals surface area (Å²) < 4.78 is 0. The highest BCUT2D eigenvalue weighted by atomic mass is 24.3. The van der Waals surface area contributed by atoms with Gasteiger partial charge in [0.15, 0.2) is 0 Å². The number of aromatic nitrogens is 1. The van der Waals surface area contributed by atoms with E-state index < -0.39 is 6.16 Å². The van der Waals surface area contributed by atoms with Crippen LogP contribution in [0.3, 0.4) is 0 Å². The van der Waals surface area contributed by atoms with Crippen LogP contribution in [-0.2, 0) is 0 Å². The summed E-state index contributed by atoms with van der Waals surface area (Å²) in [5.74, 6) is 0. The van der Waals surface area contributed by atoms with Gasteiger partial charge in [-0.2, -0.15) is 0 Å². The summed E-state index contributed by atoms with van der Waals surface area (Å²) in [5.41, 5.74) is 0. The maximum absolute atomic E-state index is 8.56. The fourth-order valence-electron chi connectivity index (χ4n) is 0.313. The van der Waals surface area contributed by atoms with E-state index in [1.807, 2.05) is 18.2 Å². The van der Waals surface area contributed by atoms with Gasteiger partial charge in [0, 0.05) is 12.4 Å². The molecule has 0 fully saturated rings. The number of hydrogen-bond acceptors (Lipinski definition) is 2. The molecule has 4 nitrogen and oxygen atoms in total. The van der Waals surface area contributed by atoms with Crippen molar-refractivity contribution in [2.75, 3.05) is 0 Å². The van der Waals surface area contributed by atoms with Crippen LogP contribution in [0.1, 0.15) is 0 Å². The number of carbonyl (C=O) groups is 1. The van der Waals surface area contributed by atoms with Crippen LogP contribution in [0.25, 0.3) is 0 Å². The lowest BCUT2D eigenvalue weighted by atomic mass is 10.5. The molecule has 58 valence electrons. The summed E-state index contributed by atoms with van der Waals surface area (Å²) in [6.45, 7) is 0. The Bertz CT molecular complexity index is 150. The topological polar surface area (TPSA) is 70.4 Å². The zero-order valence-electron chi connectivity index (χ0n) is 5.14. The van der Waals surface area contributed by atoms with Crippen molar-refractivity contribution in [1.82, 2.24) is 4.98 Å². The molecule has 0 aliphatic rings. The highest BCUT2D eigenvalue weighted by molar-refractivity contribution is 5.75. The predicted molar refractivity (Wildman–Crippen MR) is 43.4 cm³/mol. The highest BCUT2D eigenvalue weighted by Gasteiger charge is 1.70. The molecule has 0 radical (unpaired) electrons. The Morgan fingerprint density at radius 1 is 1.09 bits per heavy atom. The van der Waals surface area contributed by atoms with Crippen LogP contribution in [0.15, 0.2) is 30.6 Å². The summed E-state index contributed by atoms with van der Waals surface area (Å²) in [4.78, 5) is 12.3. The molecule has 1 heterocycles. The van der Waals surface area contributed by atoms with Gasteiger partial charge in [-0.3, -0.25) is 4.98 Å². The average Bonchev–Trinajstić information content (AvgIpc) is 1.90. The van der Waals surface area contributed by atoms with E-state index in [2.05, 4.69) is 4.98 Å². The van der Waals surface area contributed by atoms with Crippen molar-refractivity contribution in [2.24, 2.45) is 0 Å². The lowest BCUT2D eigenvalue weighted by Crippen LogP contribution is -1.81. The minimum atomic E-state index is -1.83. The van der Waals surface area contributed by atoms with Crippen LogP contribution in [0, 0.1) is 0 Å². The minimum Gasteiger partial charge on any atom is -0.450 e. The fraction of sp³-hybridized carbons (Fsp3) is 0. The Morgan fingerprint density at radius 2 is 1.45 bits per heavy atom. The van der Waals surface area contributed by atoms with E-state index in [-0.39, 0.29) is 23.1 Å². The number of carboxylic acid groups (broad SMARTS) is 2. The first-order chi connectivity index (χ1) is 4.73. The SMILES string of the molecule is O=C(O)O.[MgH2].c1ccncc1. The maximum atomic E-state index is 8.56. The van der Waals surface area contributed by atoms with Crippen LogP contribution in [0.2, 0.25) is 0 Å². The molecule has 0 aliphatic heterocycles. The Kier molecular flexibility index (Phi) is 10.7. The molecule has 1 rings (SSSR count). The second-order valence-electron chi connectivity index (χ2n) is 1.31. The Morgan fingerprint density at radius 3 is 1.55 bits per heavy atom. The number of nitrogens with zero attached hydrogens (tertiary/aromatic N) is 1. The van der Waals surface area contributed by atoms with Gasteiger partial charge >= 0.3 is 29.2 Å². The number of hydrogen-bond donors (Lipinski definition) is 2. The van der Waals surface area contributed by atoms with E-state index in [1.54, 1.807) is 12.4 Å². The van der Waals surface area contributed by atoms with Crippen molar-refractivity contribution >= 4 is 29.2 Å². The molecule has 1 aromatic rings. The summed E-state index contributed by atoms with van der Waals surface area (Å²) >= 11 is 0. The van der Waals surface area contributed by atoms with Crippen molar-refractivity contribution in [1.29, 1.82) is 0 Å². The van der Waals surface area contributed by atoms with Crippen LogP contribution in [0.5, 0.6) is 0 Å². The van der Waals surface area contributed by atoms with Gasteiger partial charge in [0.1, 0.15) is 0 Å². The summed E-state index contributed by atoms with van der Waals surface area (Å²) in [5, 5.41) is 13.9. The molecule has 11 heavy (non-hydrogen) atoms. The largest absolute Gasteiger partial charge is 0.503 e. The third-order valence-corrected chi connectivity index (χ3v) is 0.566. The van der Waals surface area contributed by atoms with E-state index in [0.29, 0.717) is 0 Å². The van der Waals surface area contributed by atoms with E-state index in [1.165, 1.54) is 0 Å². The molecule has 0 spiro atoms. The third-order valence-electron chi connectivity index (χ3n) is 0.566. The molecule has 2 N–H and O–H groups in total. The van der Waals surface area contributed by atoms with Crippen LogP contribution in [-0.4, -0.2) is 44.4 Å². The van der Waals surface area contributed by atoms with Gasteiger partial charge in [-0.1, -0.05) is 6.07 Å². The van der Waals surface area contributed by atoms with Crippen LogP contribution in [0.4, 0.5) is 4.79 Å². The molecule has 0 saturated carbocycles. The molecule has 0 saturated heterocycles. The molecule has 0 atom stereocenters. The quantitative estimate of drug-likeness (QED) is 0.548. The summed E-state index contributed by atoms with van der Waals surface area (Å²) in [6, 6.07) is 5.72. The van der Waals surface area contributed by atoms with E-state index in [4.69, 9.17) is 15.0 Å². The Labute approximate surface area is 80.0 Å². The number of pyridine rings is 1. The lowest BCUT2D eigenvalue weighted by Gasteiger charge is -1.70. The van der Waals surface area contributed by atoms with Gasteiger partial charge in [0.25, 0.3) is 0 Å². The van der Waals surface area contributed by atoms with E-state index >= 15 is 0 Å². The first-order valence-electron chi connectivity index (χ1n) is 2.50. The molecule has 5 heteroatoms. The summed E-state index contributed by atoms with van der Waals surface area (Å²) in [7, 11) is 0. The molecular weight excluding hydrogens is 158 g/mol. The monoisotopic (exact) mass is 167 g/mol. The van der Waals surface area contributed by atoms with Crippen molar-refractivity contribution in [2.45, 2.75) is 0 Å². The van der Waals surface area contributed by atoms with Crippen LogP contribution >= 0.6 is 0 Å². The average molecular weight is 167 g/mol. The summed E-state index contributed by atoms with van der Waals surface area (Å²) in [6.07, 6.45) is 1.67. The van der Waals surface area contributed by atoms with Crippen molar-refractivity contribution in [3.8, 4) is 0 Å². The van der Waals surface area contributed by atoms with Crippen LogP contribution < -0.4 is 0 Å². The second kappa shape index (κ2) is 9.19. The Hall–Kier alpha value is -0.814. The van der Waals surface area contributed by atoms with Gasteiger partial charge < -0.3 is 10.2 Å². The van der Waals surface area contributed by atoms with E-state index in [9.17, 15) is 0 Å². The standard InChI is InChI=1S/C5H5N.CH2O3.Mg.2H/c1-2-4-6-5-3-1;2-1(3)4;;;/h1-5H;(H2,2,3,4);;;. The van der Waals surface area contributed by atoms with Gasteiger partial charge in [-0.05, 0) is 12.1 Å². The number of rotatable bonds is 0. The normalized spacial score (nSPS) is 6.55. The van der Waals surface area contributed by atoms with Gasteiger partial charge in [0.2, 0.25) is 0 Å². The maximum Gasteiger partial charge on any atom is 0.503 e. The molecular formula is C6H9MgNO3. The minimum absolute atomic E-state index is 0. The highest BCUT2D eigenvalue weighted by Crippen LogP contribution is 1.73. The third kappa shape index (κ3) is 17.6. The molecule has 0 amide bonds. The zero-order chi connectivity index (χ0) is 7.82. The zero-order valence-corrected chi connectivity index (χ0v) is 5.14. The Balaban J connectivity index is 0. The van der Waals surface area contributed by atoms with Gasteiger partial charge in [-0.25, -0.2) is 4.79 Å². The second-order valence-corrected chi connectivity index (χ2v) is 1.31. The van der Waals surface area contributed by atoms with Crippen molar-refractivity contribution in [3.63, 3.8) is 0 Å². The predicted octanol–water partition coefficient (Wildman–Crippen LogP) is 0.388. The smallest absolute Gasteiger partial charge is 0.450 e. The molecule has 0 aromatic carbocycles. The van der Waals surface area contributed by atoms with E-state index in [0.717, 1.165) is 0 Å². The van der Waals surface area contributed by atoms with Crippen molar-refractivity contribution in [3.05, 3.63) is 30.6 Å². The van der Waals surface area contributed by atoms with Gasteiger partial charge in [-0.15, -0.1) is 0 Å².